The van der Waals surface area contributed by atoms with Crippen LogP contribution in [0, 0.1) is 12.3 Å². The van der Waals surface area contributed by atoms with Gasteiger partial charge in [-0.3, -0.25) is 4.79 Å². The van der Waals surface area contributed by atoms with Crippen LogP contribution in [0.15, 0.2) is 46.3 Å². The summed E-state index contributed by atoms with van der Waals surface area (Å²) in [5.74, 6) is 4.36. The van der Waals surface area contributed by atoms with Gasteiger partial charge in [0.1, 0.15) is 12.4 Å². The van der Waals surface area contributed by atoms with Crippen molar-refractivity contribution in [3.05, 3.63) is 53.2 Å². The van der Waals surface area contributed by atoms with Gasteiger partial charge < -0.3 is 14.6 Å². The van der Waals surface area contributed by atoms with Crippen LogP contribution in [-0.4, -0.2) is 29.2 Å². The Bertz CT molecular complexity index is 911. The molecule has 1 amide bonds. The van der Waals surface area contributed by atoms with Crippen LogP contribution < -0.4 is 10.1 Å². The Hall–Kier alpha value is -3.11. The maximum Gasteiger partial charge on any atom is 0.226 e. The third-order valence-corrected chi connectivity index (χ3v) is 4.85. The molecule has 0 unspecified atom stereocenters. The summed E-state index contributed by atoms with van der Waals surface area (Å²) in [4.78, 5) is 17.3. The van der Waals surface area contributed by atoms with Gasteiger partial charge in [-0.2, -0.15) is 4.98 Å². The van der Waals surface area contributed by atoms with Gasteiger partial charge in [0, 0.05) is 19.4 Å². The SMILES string of the molecule is C#CCOc1ccc(CCNC(=O)CCCc2nc(-c3cccs3)no2)cc1. The minimum absolute atomic E-state index is 0.0203. The molecule has 0 aliphatic carbocycles. The average molecular weight is 395 g/mol. The molecule has 0 aliphatic rings. The molecule has 3 rings (SSSR count). The van der Waals surface area contributed by atoms with Crippen molar-refractivity contribution in [2.24, 2.45) is 0 Å². The van der Waals surface area contributed by atoms with E-state index in [1.807, 2.05) is 41.8 Å². The Labute approximate surface area is 167 Å². The molecule has 3 aromatic rings. The van der Waals surface area contributed by atoms with Crippen LogP contribution >= 0.6 is 11.3 Å². The predicted octanol–water partition coefficient (Wildman–Crippen LogP) is 3.49. The van der Waals surface area contributed by atoms with Crippen molar-refractivity contribution >= 4 is 17.2 Å². The topological polar surface area (TPSA) is 77.2 Å². The van der Waals surface area contributed by atoms with Crippen LogP contribution in [0.3, 0.4) is 0 Å². The first kappa shape index (κ1) is 19.6. The summed E-state index contributed by atoms with van der Waals surface area (Å²) in [6, 6.07) is 11.6. The second-order valence-electron chi connectivity index (χ2n) is 6.08. The number of rotatable bonds is 10. The van der Waals surface area contributed by atoms with E-state index >= 15 is 0 Å². The number of hydrogen-bond acceptors (Lipinski definition) is 6. The molecule has 0 aliphatic heterocycles. The summed E-state index contributed by atoms with van der Waals surface area (Å²) in [6.45, 7) is 0.848. The van der Waals surface area contributed by atoms with Gasteiger partial charge in [0.05, 0.1) is 4.88 Å². The van der Waals surface area contributed by atoms with Gasteiger partial charge in [0.15, 0.2) is 0 Å². The van der Waals surface area contributed by atoms with E-state index in [1.165, 1.54) is 0 Å². The summed E-state index contributed by atoms with van der Waals surface area (Å²) in [6.07, 6.45) is 7.60. The highest BCUT2D eigenvalue weighted by atomic mass is 32.1. The molecule has 1 aromatic carbocycles. The first-order valence-electron chi connectivity index (χ1n) is 9.03. The molecule has 28 heavy (non-hydrogen) atoms. The molecule has 0 atom stereocenters. The zero-order valence-corrected chi connectivity index (χ0v) is 16.2. The second-order valence-corrected chi connectivity index (χ2v) is 7.03. The lowest BCUT2D eigenvalue weighted by atomic mass is 10.1. The van der Waals surface area contributed by atoms with Crippen molar-refractivity contribution < 1.29 is 14.1 Å². The fraction of sp³-hybridized carbons (Fsp3) is 0.286. The van der Waals surface area contributed by atoms with E-state index < -0.39 is 0 Å². The molecular formula is C21H21N3O3S. The smallest absolute Gasteiger partial charge is 0.226 e. The molecule has 7 heteroatoms. The standard InChI is InChI=1S/C21H21N3O3S/c1-2-14-26-17-10-8-16(9-11-17)12-13-22-19(25)6-3-7-20-23-21(24-27-20)18-5-4-15-28-18/h1,4-5,8-11,15H,3,6-7,12-14H2,(H,22,25). The summed E-state index contributed by atoms with van der Waals surface area (Å²) in [5.41, 5.74) is 1.13. The molecule has 144 valence electrons. The lowest BCUT2D eigenvalue weighted by Crippen LogP contribution is -2.25. The zero-order valence-electron chi connectivity index (χ0n) is 15.4. The van der Waals surface area contributed by atoms with Crippen LogP contribution in [0.2, 0.25) is 0 Å². The third kappa shape index (κ3) is 5.96. The van der Waals surface area contributed by atoms with Crippen LogP contribution in [0.25, 0.3) is 10.7 Å². The van der Waals surface area contributed by atoms with E-state index in [2.05, 4.69) is 21.4 Å². The van der Waals surface area contributed by atoms with E-state index in [9.17, 15) is 4.79 Å². The van der Waals surface area contributed by atoms with Crippen molar-refractivity contribution in [3.8, 4) is 28.8 Å². The van der Waals surface area contributed by atoms with Crippen molar-refractivity contribution in [3.63, 3.8) is 0 Å². The molecular weight excluding hydrogens is 374 g/mol. The fourth-order valence-electron chi connectivity index (χ4n) is 2.57. The second kappa shape index (κ2) is 10.3. The van der Waals surface area contributed by atoms with Gasteiger partial charge in [-0.05, 0) is 42.0 Å². The van der Waals surface area contributed by atoms with Gasteiger partial charge in [-0.1, -0.05) is 29.3 Å². The number of hydrogen-bond donors (Lipinski definition) is 1. The Morgan fingerprint density at radius 2 is 2.11 bits per heavy atom. The Balaban J connectivity index is 1.32. The molecule has 2 heterocycles. The number of aromatic nitrogens is 2. The molecule has 0 saturated heterocycles. The summed E-state index contributed by atoms with van der Waals surface area (Å²) in [7, 11) is 0. The van der Waals surface area contributed by atoms with Crippen LogP contribution in [0.4, 0.5) is 0 Å². The first-order valence-corrected chi connectivity index (χ1v) is 9.91. The highest BCUT2D eigenvalue weighted by molar-refractivity contribution is 7.13. The van der Waals surface area contributed by atoms with Crippen LogP contribution in [-0.2, 0) is 17.6 Å². The Morgan fingerprint density at radius 1 is 1.25 bits per heavy atom. The van der Waals surface area contributed by atoms with E-state index in [-0.39, 0.29) is 12.5 Å². The summed E-state index contributed by atoms with van der Waals surface area (Å²) < 4.78 is 10.6. The Morgan fingerprint density at radius 3 is 2.86 bits per heavy atom. The first-order chi connectivity index (χ1) is 13.7. The quantitative estimate of drug-likeness (QED) is 0.532. The van der Waals surface area contributed by atoms with Crippen molar-refractivity contribution in [1.29, 1.82) is 0 Å². The highest BCUT2D eigenvalue weighted by Crippen LogP contribution is 2.21. The Kier molecular flexibility index (Phi) is 7.21. The minimum Gasteiger partial charge on any atom is -0.481 e. The van der Waals surface area contributed by atoms with Gasteiger partial charge >= 0.3 is 0 Å². The van der Waals surface area contributed by atoms with E-state index in [0.717, 1.165) is 22.6 Å². The monoisotopic (exact) mass is 395 g/mol. The van der Waals surface area contributed by atoms with Crippen molar-refractivity contribution in [2.45, 2.75) is 25.7 Å². The molecule has 2 aromatic heterocycles. The number of benzene rings is 1. The zero-order chi connectivity index (χ0) is 19.6. The van der Waals surface area contributed by atoms with Crippen molar-refractivity contribution in [2.75, 3.05) is 13.2 Å². The number of amides is 1. The summed E-state index contributed by atoms with van der Waals surface area (Å²) in [5, 5.41) is 8.87. The molecule has 6 nitrogen and oxygen atoms in total. The number of thiophene rings is 1. The maximum atomic E-state index is 12.0. The number of nitrogens with one attached hydrogen (secondary N) is 1. The number of carbonyl (C=O) groups is 1. The molecule has 0 saturated carbocycles. The fourth-order valence-corrected chi connectivity index (χ4v) is 3.22. The predicted molar refractivity (Wildman–Crippen MR) is 108 cm³/mol. The number of aryl methyl sites for hydroxylation is 1. The largest absolute Gasteiger partial charge is 0.481 e. The third-order valence-electron chi connectivity index (χ3n) is 3.99. The number of terminal acetylenes is 1. The number of nitrogens with zero attached hydrogens (tertiary/aromatic N) is 2. The summed E-state index contributed by atoms with van der Waals surface area (Å²) >= 11 is 1.57. The van der Waals surface area contributed by atoms with Crippen LogP contribution in [0.1, 0.15) is 24.3 Å². The minimum atomic E-state index is 0.0203. The van der Waals surface area contributed by atoms with E-state index in [1.54, 1.807) is 11.3 Å². The lowest BCUT2D eigenvalue weighted by molar-refractivity contribution is -0.121. The maximum absolute atomic E-state index is 12.0. The van der Waals surface area contributed by atoms with Gasteiger partial charge in [0.25, 0.3) is 0 Å². The average Bonchev–Trinajstić information content (AvgIpc) is 3.39. The normalized spacial score (nSPS) is 10.4. The molecule has 0 bridgehead atoms. The lowest BCUT2D eigenvalue weighted by Gasteiger charge is -2.06. The molecule has 1 N–H and O–H groups in total. The van der Waals surface area contributed by atoms with E-state index in [0.29, 0.717) is 37.5 Å². The number of carbonyl (C=O) groups excluding carboxylic acids is 1. The highest BCUT2D eigenvalue weighted by Gasteiger charge is 2.10. The number of ether oxygens (including phenoxy) is 1. The van der Waals surface area contributed by atoms with Gasteiger partial charge in [0.2, 0.25) is 17.6 Å². The van der Waals surface area contributed by atoms with E-state index in [4.69, 9.17) is 15.7 Å². The molecule has 0 fully saturated rings. The van der Waals surface area contributed by atoms with Gasteiger partial charge in [-0.25, -0.2) is 0 Å². The van der Waals surface area contributed by atoms with Crippen molar-refractivity contribution in [1.82, 2.24) is 15.5 Å². The van der Waals surface area contributed by atoms with Gasteiger partial charge in [-0.15, -0.1) is 17.8 Å². The molecule has 0 spiro atoms. The molecule has 0 radical (unpaired) electrons. The van der Waals surface area contributed by atoms with Crippen LogP contribution in [0.5, 0.6) is 5.75 Å².